The lowest BCUT2D eigenvalue weighted by atomic mass is 9.89. The highest BCUT2D eigenvalue weighted by Gasteiger charge is 2.46. The Labute approximate surface area is 299 Å². The van der Waals surface area contributed by atoms with Crippen molar-refractivity contribution in [3.63, 3.8) is 0 Å². The highest BCUT2D eigenvalue weighted by molar-refractivity contribution is 5.78. The van der Waals surface area contributed by atoms with Gasteiger partial charge in [-0.2, -0.15) is 0 Å². The molecule has 0 bridgehead atoms. The number of ether oxygens (including phenoxy) is 3. The first-order valence-electron chi connectivity index (χ1n) is 19.0. The number of rotatable bonds is 24. The minimum Gasteiger partial charge on any atom is -0.462 e. The zero-order chi connectivity index (χ0) is 36.0. The Morgan fingerprint density at radius 2 is 1.22 bits per heavy atom. The minimum atomic E-state index is -1.47. The molecule has 9 heteroatoms. The predicted octanol–water partition coefficient (Wildman–Crippen LogP) is 7.00. The van der Waals surface area contributed by atoms with Gasteiger partial charge in [-0.15, -0.1) is 0 Å². The highest BCUT2D eigenvalue weighted by atomic mass is 16.6. The molecular formula is C41H61NO8. The molecule has 9 nitrogen and oxygen atoms in total. The number of nitrogens with one attached hydrogen (secondary N) is 1. The maximum atomic E-state index is 13.0. The Morgan fingerprint density at radius 3 is 1.74 bits per heavy atom. The molecule has 6 atom stereocenters. The van der Waals surface area contributed by atoms with Crippen LogP contribution in [0.2, 0.25) is 0 Å². The Kier molecular flexibility index (Phi) is 19.8. The summed E-state index contributed by atoms with van der Waals surface area (Å²) in [5.41, 5.74) is 2.73. The van der Waals surface area contributed by atoms with Crippen molar-refractivity contribution in [2.24, 2.45) is 5.92 Å². The van der Waals surface area contributed by atoms with Gasteiger partial charge in [-0.1, -0.05) is 119 Å². The topological polar surface area (TPSA) is 131 Å². The van der Waals surface area contributed by atoms with Gasteiger partial charge < -0.3 is 29.7 Å². The first-order chi connectivity index (χ1) is 24.3. The largest absolute Gasteiger partial charge is 0.462 e. The standard InChI is InChI=1S/C41H61NO8/c1-31(48-37(45)27-19-9-5-3-7-13-21-33-23-15-11-16-24-33)29-36(44)42-39-40(32(2)35(30-43)49-41(39)47)50-38(46)28-20-10-6-4-8-14-22-34-25-17-12-18-26-34/h11-12,15-18,23-26,31-32,35,39-41,43,47H,3-10,13-14,19-22,27-30H2,1-2H3,(H,42,44). The summed E-state index contributed by atoms with van der Waals surface area (Å²) in [6.07, 6.45) is 11.1. The van der Waals surface area contributed by atoms with Gasteiger partial charge in [0.1, 0.15) is 18.2 Å². The van der Waals surface area contributed by atoms with Crippen LogP contribution >= 0.6 is 0 Å². The lowest BCUT2D eigenvalue weighted by Gasteiger charge is -2.43. The number of amides is 1. The normalized spacial score (nSPS) is 20.9. The van der Waals surface area contributed by atoms with Crippen molar-refractivity contribution in [3.05, 3.63) is 71.8 Å². The monoisotopic (exact) mass is 695 g/mol. The molecule has 0 aromatic heterocycles. The summed E-state index contributed by atoms with van der Waals surface area (Å²) < 4.78 is 16.8. The van der Waals surface area contributed by atoms with Crippen LogP contribution in [0.15, 0.2) is 60.7 Å². The second kappa shape index (κ2) is 24.0. The smallest absolute Gasteiger partial charge is 0.306 e. The molecule has 0 saturated carbocycles. The summed E-state index contributed by atoms with van der Waals surface area (Å²) in [5.74, 6) is -1.68. The summed E-state index contributed by atoms with van der Waals surface area (Å²) in [5, 5.41) is 23.2. The van der Waals surface area contributed by atoms with Gasteiger partial charge in [0.2, 0.25) is 5.91 Å². The van der Waals surface area contributed by atoms with E-state index in [1.54, 1.807) is 13.8 Å². The van der Waals surface area contributed by atoms with Crippen LogP contribution in [0.25, 0.3) is 0 Å². The van der Waals surface area contributed by atoms with Crippen LogP contribution in [-0.2, 0) is 41.4 Å². The second-order valence-electron chi connectivity index (χ2n) is 13.9. The van der Waals surface area contributed by atoms with Gasteiger partial charge in [0.05, 0.1) is 19.1 Å². The molecule has 2 aromatic carbocycles. The molecule has 3 N–H and O–H groups in total. The third-order valence-electron chi connectivity index (χ3n) is 9.54. The summed E-state index contributed by atoms with van der Waals surface area (Å²) in [6, 6.07) is 19.9. The molecule has 2 aromatic rings. The fourth-order valence-corrected chi connectivity index (χ4v) is 6.57. The van der Waals surface area contributed by atoms with E-state index in [2.05, 4.69) is 53.8 Å². The molecule has 0 aliphatic carbocycles. The molecule has 1 aliphatic rings. The Bertz CT molecular complexity index is 1230. The van der Waals surface area contributed by atoms with Crippen LogP contribution in [0.4, 0.5) is 0 Å². The number of benzene rings is 2. The van der Waals surface area contributed by atoms with Gasteiger partial charge in [0, 0.05) is 18.8 Å². The van der Waals surface area contributed by atoms with Crippen molar-refractivity contribution in [3.8, 4) is 0 Å². The van der Waals surface area contributed by atoms with E-state index in [4.69, 9.17) is 14.2 Å². The van der Waals surface area contributed by atoms with Crippen LogP contribution in [0.1, 0.15) is 121 Å². The van der Waals surface area contributed by atoms with Gasteiger partial charge in [-0.05, 0) is 56.6 Å². The zero-order valence-corrected chi connectivity index (χ0v) is 30.3. The van der Waals surface area contributed by atoms with E-state index >= 15 is 0 Å². The number of aliphatic hydroxyl groups is 2. The number of unbranched alkanes of at least 4 members (excludes halogenated alkanes) is 10. The molecule has 1 saturated heterocycles. The SMILES string of the molecule is CC(CC(=O)NC1C(O)OC(CO)C(C)C1OC(=O)CCCCCCCCc1ccccc1)OC(=O)CCCCCCCCc1ccccc1. The molecule has 50 heavy (non-hydrogen) atoms. The number of hydrogen-bond donors (Lipinski definition) is 3. The number of aliphatic hydroxyl groups excluding tert-OH is 2. The fourth-order valence-electron chi connectivity index (χ4n) is 6.57. The van der Waals surface area contributed by atoms with Gasteiger partial charge in [0.15, 0.2) is 6.29 Å². The van der Waals surface area contributed by atoms with E-state index in [1.165, 1.54) is 17.5 Å². The van der Waals surface area contributed by atoms with Gasteiger partial charge in [-0.3, -0.25) is 14.4 Å². The fraction of sp³-hybridized carbons (Fsp3) is 0.634. The maximum Gasteiger partial charge on any atom is 0.306 e. The first kappa shape index (κ1) is 41.2. The Balaban J connectivity index is 1.30. The van der Waals surface area contributed by atoms with Gasteiger partial charge >= 0.3 is 11.9 Å². The number of carbonyl (C=O) groups excluding carboxylic acids is 3. The summed E-state index contributed by atoms with van der Waals surface area (Å²) in [7, 11) is 0. The van der Waals surface area contributed by atoms with Crippen LogP contribution in [0.5, 0.6) is 0 Å². The van der Waals surface area contributed by atoms with E-state index in [-0.39, 0.29) is 25.4 Å². The van der Waals surface area contributed by atoms with Crippen molar-refractivity contribution in [2.45, 2.75) is 154 Å². The van der Waals surface area contributed by atoms with Crippen molar-refractivity contribution < 1.29 is 38.8 Å². The number of aryl methyl sites for hydroxylation is 2. The van der Waals surface area contributed by atoms with Gasteiger partial charge in [-0.25, -0.2) is 0 Å². The molecule has 278 valence electrons. The number of hydrogen-bond acceptors (Lipinski definition) is 8. The van der Waals surface area contributed by atoms with E-state index in [1.807, 2.05) is 12.1 Å². The van der Waals surface area contributed by atoms with Crippen molar-refractivity contribution in [1.29, 1.82) is 0 Å². The van der Waals surface area contributed by atoms with Crippen molar-refractivity contribution in [2.75, 3.05) is 6.61 Å². The molecule has 6 unspecified atom stereocenters. The summed E-state index contributed by atoms with van der Waals surface area (Å²) >= 11 is 0. The summed E-state index contributed by atoms with van der Waals surface area (Å²) in [4.78, 5) is 38.2. The van der Waals surface area contributed by atoms with E-state index in [0.29, 0.717) is 12.8 Å². The van der Waals surface area contributed by atoms with Crippen LogP contribution < -0.4 is 5.32 Å². The average molecular weight is 696 g/mol. The minimum absolute atomic E-state index is 0.111. The lowest BCUT2D eigenvalue weighted by Crippen LogP contribution is -2.62. The van der Waals surface area contributed by atoms with Crippen LogP contribution in [-0.4, -0.2) is 65.3 Å². The molecule has 1 fully saturated rings. The van der Waals surface area contributed by atoms with E-state index in [0.717, 1.165) is 77.0 Å². The molecule has 1 aliphatic heterocycles. The van der Waals surface area contributed by atoms with Crippen LogP contribution in [0.3, 0.4) is 0 Å². The molecule has 0 spiro atoms. The number of esters is 2. The quantitative estimate of drug-likeness (QED) is 0.0791. The molecule has 1 amide bonds. The summed E-state index contributed by atoms with van der Waals surface area (Å²) in [6.45, 7) is 3.05. The third kappa shape index (κ3) is 16.2. The van der Waals surface area contributed by atoms with E-state index in [9.17, 15) is 24.6 Å². The molecule has 0 radical (unpaired) electrons. The third-order valence-corrected chi connectivity index (χ3v) is 9.54. The highest BCUT2D eigenvalue weighted by Crippen LogP contribution is 2.28. The van der Waals surface area contributed by atoms with Crippen molar-refractivity contribution in [1.82, 2.24) is 5.32 Å². The van der Waals surface area contributed by atoms with Crippen LogP contribution in [0, 0.1) is 5.92 Å². The zero-order valence-electron chi connectivity index (χ0n) is 30.3. The average Bonchev–Trinajstić information content (AvgIpc) is 3.10. The molecule has 3 rings (SSSR count). The number of carbonyl (C=O) groups is 3. The maximum absolute atomic E-state index is 13.0. The van der Waals surface area contributed by atoms with Gasteiger partial charge in [0.25, 0.3) is 0 Å². The predicted molar refractivity (Wildman–Crippen MR) is 194 cm³/mol. The molecule has 1 heterocycles. The Morgan fingerprint density at radius 1 is 0.740 bits per heavy atom. The second-order valence-corrected chi connectivity index (χ2v) is 13.9. The first-order valence-corrected chi connectivity index (χ1v) is 19.0. The molecular weight excluding hydrogens is 634 g/mol. The Hall–Kier alpha value is -3.27. The lowest BCUT2D eigenvalue weighted by molar-refractivity contribution is -0.241. The van der Waals surface area contributed by atoms with Crippen molar-refractivity contribution >= 4 is 17.8 Å². The van der Waals surface area contributed by atoms with E-state index < -0.39 is 48.4 Å².